The summed E-state index contributed by atoms with van der Waals surface area (Å²) >= 11 is 0. The van der Waals surface area contributed by atoms with E-state index in [-0.39, 0.29) is 25.7 Å². The molecule has 2 unspecified atom stereocenters. The maximum absolute atomic E-state index is 13.0. The van der Waals surface area contributed by atoms with Crippen molar-refractivity contribution in [3.05, 3.63) is 0 Å². The maximum Gasteiger partial charge on any atom is 0.472 e. The third-order valence-corrected chi connectivity index (χ3v) is 16.9. The van der Waals surface area contributed by atoms with Gasteiger partial charge in [0.25, 0.3) is 0 Å². The van der Waals surface area contributed by atoms with E-state index in [1.165, 1.54) is 116 Å². The number of unbranched alkanes of at least 4 members (excludes halogenated alkanes) is 34. The first kappa shape index (κ1) is 82.1. The molecule has 0 rings (SSSR count). The lowest BCUT2D eigenvalue weighted by Gasteiger charge is -2.21. The van der Waals surface area contributed by atoms with Crippen molar-refractivity contribution in [1.29, 1.82) is 0 Å². The minimum Gasteiger partial charge on any atom is -0.462 e. The number of carbonyl (C=O) groups excluding carboxylic acids is 4. The second-order valence-corrected chi connectivity index (χ2v) is 27.4. The van der Waals surface area contributed by atoms with Crippen LogP contribution < -0.4 is 0 Å². The molecule has 0 aliphatic carbocycles. The van der Waals surface area contributed by atoms with Crippen molar-refractivity contribution in [2.75, 3.05) is 39.6 Å². The molecule has 5 atom stereocenters. The van der Waals surface area contributed by atoms with Gasteiger partial charge < -0.3 is 33.8 Å². The highest BCUT2D eigenvalue weighted by atomic mass is 31.2. The Morgan fingerprint density at radius 3 is 0.810 bits per heavy atom. The van der Waals surface area contributed by atoms with Crippen molar-refractivity contribution in [3.63, 3.8) is 0 Å². The van der Waals surface area contributed by atoms with Gasteiger partial charge in [-0.1, -0.05) is 273 Å². The molecular weight excluding hydrogens is 1110 g/mol. The number of ether oxygens (including phenoxy) is 4. The van der Waals surface area contributed by atoms with Gasteiger partial charge in [0.15, 0.2) is 12.2 Å². The van der Waals surface area contributed by atoms with Crippen LogP contribution in [0.1, 0.15) is 324 Å². The molecule has 0 aliphatic heterocycles. The van der Waals surface area contributed by atoms with Crippen LogP contribution in [0.2, 0.25) is 0 Å². The molecule has 0 aromatic heterocycles. The Labute approximate surface area is 511 Å². The van der Waals surface area contributed by atoms with Crippen LogP contribution in [-0.2, 0) is 65.4 Å². The van der Waals surface area contributed by atoms with E-state index >= 15 is 0 Å². The molecule has 0 saturated carbocycles. The Kier molecular flexibility index (Phi) is 56.2. The highest BCUT2D eigenvalue weighted by molar-refractivity contribution is 7.47. The number of rotatable bonds is 64. The monoisotopic (exact) mass is 1240 g/mol. The van der Waals surface area contributed by atoms with Gasteiger partial charge in [0.2, 0.25) is 0 Å². The molecule has 3 N–H and O–H groups in total. The summed E-state index contributed by atoms with van der Waals surface area (Å²) in [7, 11) is -9.88. The predicted molar refractivity (Wildman–Crippen MR) is 335 cm³/mol. The molecule has 498 valence electrons. The van der Waals surface area contributed by atoms with Gasteiger partial charge in [0.1, 0.15) is 19.3 Å². The number of hydrogen-bond donors (Lipinski definition) is 3. The fourth-order valence-corrected chi connectivity index (χ4v) is 11.3. The highest BCUT2D eigenvalue weighted by Gasteiger charge is 2.30. The quantitative estimate of drug-likeness (QED) is 0.0222. The van der Waals surface area contributed by atoms with Crippen molar-refractivity contribution in [2.24, 2.45) is 11.8 Å². The Morgan fingerprint density at radius 1 is 0.321 bits per heavy atom. The van der Waals surface area contributed by atoms with Gasteiger partial charge in [-0.2, -0.15) is 0 Å². The van der Waals surface area contributed by atoms with Crippen LogP contribution in [0.25, 0.3) is 0 Å². The lowest BCUT2D eigenvalue weighted by molar-refractivity contribution is -0.161. The zero-order valence-corrected chi connectivity index (χ0v) is 56.0. The van der Waals surface area contributed by atoms with E-state index in [0.29, 0.717) is 25.7 Å². The molecule has 0 aromatic carbocycles. The van der Waals surface area contributed by atoms with Crippen LogP contribution in [0.15, 0.2) is 0 Å². The van der Waals surface area contributed by atoms with Gasteiger partial charge in [0, 0.05) is 25.7 Å². The third-order valence-electron chi connectivity index (χ3n) is 15.0. The fraction of sp³-hybridized carbons (Fsp3) is 0.938. The van der Waals surface area contributed by atoms with Crippen LogP contribution in [0.5, 0.6) is 0 Å². The zero-order valence-electron chi connectivity index (χ0n) is 54.2. The first-order chi connectivity index (χ1) is 40.4. The second kappa shape index (κ2) is 57.5. The Hall–Kier alpha value is -1.94. The highest BCUT2D eigenvalue weighted by Crippen LogP contribution is 2.45. The minimum atomic E-state index is -4.95. The lowest BCUT2D eigenvalue weighted by atomic mass is 10.0. The standard InChI is InChI=1S/C65H126O17P2/c1-7-9-11-13-27-35-41-47-62(67)75-53-60(81-64(69)49-43-37-28-14-12-10-8-2)55-79-83(71,72)77-51-59(66)52-78-84(73,74)80-56-61(54-76-63(68)48-42-36-31-25-22-21-24-30-34-40-46-58(5)6)82-65(70)50-44-38-32-26-20-18-16-15-17-19-23-29-33-39-45-57(3)4/h57-61,66H,7-56H2,1-6H3,(H,71,72)(H,73,74)/t59-,60+,61+/m0/s1. The molecule has 0 radical (unpaired) electrons. The molecule has 84 heavy (non-hydrogen) atoms. The van der Waals surface area contributed by atoms with Gasteiger partial charge in [-0.05, 0) is 37.5 Å². The van der Waals surface area contributed by atoms with E-state index < -0.39 is 97.5 Å². The number of aliphatic hydroxyl groups excluding tert-OH is 1. The largest absolute Gasteiger partial charge is 0.472 e. The maximum atomic E-state index is 13.0. The Bertz CT molecular complexity index is 1650. The molecule has 0 heterocycles. The third kappa shape index (κ3) is 59.0. The SMILES string of the molecule is CCCCCCCCCC(=O)OC[C@H](COP(=O)(O)OC[C@H](O)COP(=O)(O)OC[C@@H](COC(=O)CCCCCCCCCCCCC(C)C)OC(=O)CCCCCCCCCCCCCCCCC(C)C)OC(=O)CCCCCCCCC. The van der Waals surface area contributed by atoms with E-state index in [4.69, 9.17) is 37.0 Å². The molecule has 0 aromatic rings. The molecule has 0 bridgehead atoms. The second-order valence-electron chi connectivity index (χ2n) is 24.5. The summed E-state index contributed by atoms with van der Waals surface area (Å²) in [5.74, 6) is -0.587. The summed E-state index contributed by atoms with van der Waals surface area (Å²) < 4.78 is 67.8. The number of esters is 4. The molecule has 19 heteroatoms. The molecule has 0 amide bonds. The van der Waals surface area contributed by atoms with E-state index in [1.807, 2.05) is 0 Å². The van der Waals surface area contributed by atoms with Crippen LogP contribution in [-0.4, -0.2) is 96.7 Å². The summed E-state index contributed by atoms with van der Waals surface area (Å²) in [6.07, 6.45) is 40.6. The topological polar surface area (TPSA) is 237 Å². The van der Waals surface area contributed by atoms with E-state index in [1.54, 1.807) is 0 Å². The van der Waals surface area contributed by atoms with Crippen molar-refractivity contribution in [3.8, 4) is 0 Å². The van der Waals surface area contributed by atoms with Crippen LogP contribution in [0, 0.1) is 11.8 Å². The number of aliphatic hydroxyl groups is 1. The average molecular weight is 1240 g/mol. The number of hydrogen-bond acceptors (Lipinski definition) is 15. The molecular formula is C65H126O17P2. The summed E-state index contributed by atoms with van der Waals surface area (Å²) in [4.78, 5) is 72.0. The average Bonchev–Trinajstić information content (AvgIpc) is 3.58. The molecule has 17 nitrogen and oxygen atoms in total. The molecule has 0 aliphatic rings. The number of carbonyl (C=O) groups is 4. The van der Waals surface area contributed by atoms with Crippen LogP contribution >= 0.6 is 15.6 Å². The molecule has 0 fully saturated rings. The minimum absolute atomic E-state index is 0.103. The summed E-state index contributed by atoms with van der Waals surface area (Å²) in [5.41, 5.74) is 0. The first-order valence-corrected chi connectivity index (χ1v) is 37.0. The smallest absolute Gasteiger partial charge is 0.462 e. The van der Waals surface area contributed by atoms with Gasteiger partial charge in [-0.15, -0.1) is 0 Å². The van der Waals surface area contributed by atoms with Gasteiger partial charge >= 0.3 is 39.5 Å². The van der Waals surface area contributed by atoms with Gasteiger partial charge in [-0.25, -0.2) is 9.13 Å². The van der Waals surface area contributed by atoms with E-state index in [0.717, 1.165) is 127 Å². The number of phosphoric ester groups is 2. The first-order valence-electron chi connectivity index (χ1n) is 34.0. The van der Waals surface area contributed by atoms with Gasteiger partial charge in [-0.3, -0.25) is 37.3 Å². The normalized spacial score (nSPS) is 14.3. The van der Waals surface area contributed by atoms with Gasteiger partial charge in [0.05, 0.1) is 26.4 Å². The van der Waals surface area contributed by atoms with Crippen molar-refractivity contribution >= 4 is 39.5 Å². The van der Waals surface area contributed by atoms with Crippen LogP contribution in [0.4, 0.5) is 0 Å². The van der Waals surface area contributed by atoms with E-state index in [2.05, 4.69) is 41.5 Å². The predicted octanol–water partition coefficient (Wildman–Crippen LogP) is 18.0. The lowest BCUT2D eigenvalue weighted by Crippen LogP contribution is -2.30. The van der Waals surface area contributed by atoms with Crippen molar-refractivity contribution in [2.45, 2.75) is 342 Å². The van der Waals surface area contributed by atoms with Crippen LogP contribution in [0.3, 0.4) is 0 Å². The summed E-state index contributed by atoms with van der Waals surface area (Å²) in [5, 5.41) is 10.5. The summed E-state index contributed by atoms with van der Waals surface area (Å²) in [6.45, 7) is 9.44. The van der Waals surface area contributed by atoms with Crippen molar-refractivity contribution in [1.82, 2.24) is 0 Å². The Balaban J connectivity index is 5.17. The fourth-order valence-electron chi connectivity index (χ4n) is 9.71. The number of phosphoric acid groups is 2. The summed E-state index contributed by atoms with van der Waals surface area (Å²) in [6, 6.07) is 0. The van der Waals surface area contributed by atoms with E-state index in [9.17, 15) is 43.2 Å². The molecule has 0 spiro atoms. The zero-order chi connectivity index (χ0) is 62.2. The molecule has 0 saturated heterocycles. The van der Waals surface area contributed by atoms with Crippen molar-refractivity contribution < 1.29 is 80.2 Å². The Morgan fingerprint density at radius 2 is 0.548 bits per heavy atom.